The molecule has 134 valence electrons. The van der Waals surface area contributed by atoms with Crippen molar-refractivity contribution in [2.75, 3.05) is 11.9 Å². The van der Waals surface area contributed by atoms with Gasteiger partial charge in [-0.3, -0.25) is 4.79 Å². The van der Waals surface area contributed by atoms with Crippen LogP contribution >= 0.6 is 11.6 Å². The molecule has 0 unspecified atom stereocenters. The van der Waals surface area contributed by atoms with Crippen LogP contribution in [0.2, 0.25) is 5.02 Å². The highest BCUT2D eigenvalue weighted by atomic mass is 35.5. The number of hydrogen-bond acceptors (Lipinski definition) is 5. The highest BCUT2D eigenvalue weighted by Crippen LogP contribution is 2.28. The van der Waals surface area contributed by atoms with Crippen molar-refractivity contribution in [2.45, 2.75) is 20.8 Å². The first-order chi connectivity index (χ1) is 12.4. The van der Waals surface area contributed by atoms with Gasteiger partial charge >= 0.3 is 0 Å². The maximum absolute atomic E-state index is 12.2. The summed E-state index contributed by atoms with van der Waals surface area (Å²) in [6, 6.07) is 11.2. The van der Waals surface area contributed by atoms with E-state index in [1.165, 1.54) is 0 Å². The fourth-order valence-corrected chi connectivity index (χ4v) is 2.58. The molecular formula is C19H18ClN3O3. The molecule has 26 heavy (non-hydrogen) atoms. The van der Waals surface area contributed by atoms with Crippen LogP contribution in [0.1, 0.15) is 16.7 Å². The van der Waals surface area contributed by atoms with E-state index in [2.05, 4.69) is 15.6 Å². The molecule has 2 aromatic carbocycles. The fourth-order valence-electron chi connectivity index (χ4n) is 2.46. The Kier molecular flexibility index (Phi) is 5.23. The number of aromatic nitrogens is 2. The van der Waals surface area contributed by atoms with E-state index in [1.807, 2.05) is 39.0 Å². The van der Waals surface area contributed by atoms with E-state index in [9.17, 15) is 4.79 Å². The molecule has 0 saturated heterocycles. The Morgan fingerprint density at radius 2 is 1.92 bits per heavy atom. The van der Waals surface area contributed by atoms with E-state index in [0.717, 1.165) is 22.3 Å². The molecule has 0 aliphatic rings. The summed E-state index contributed by atoms with van der Waals surface area (Å²) in [5.74, 6) is 0.467. The zero-order valence-electron chi connectivity index (χ0n) is 14.7. The van der Waals surface area contributed by atoms with Crippen LogP contribution in [-0.4, -0.2) is 22.8 Å². The number of hydrogen-bond donors (Lipinski definition) is 1. The van der Waals surface area contributed by atoms with Crippen molar-refractivity contribution < 1.29 is 14.2 Å². The summed E-state index contributed by atoms with van der Waals surface area (Å²) in [5, 5.41) is 11.0. The number of benzene rings is 2. The monoisotopic (exact) mass is 371 g/mol. The summed E-state index contributed by atoms with van der Waals surface area (Å²) in [4.78, 5) is 12.2. The SMILES string of the molecule is Cc1ccc(C)c(-c2nonc2NC(=O)COc2ccc(Cl)c(C)c2)c1. The molecule has 7 heteroatoms. The molecule has 1 amide bonds. The lowest BCUT2D eigenvalue weighted by atomic mass is 10.0. The Morgan fingerprint density at radius 3 is 2.69 bits per heavy atom. The van der Waals surface area contributed by atoms with Crippen molar-refractivity contribution in [3.63, 3.8) is 0 Å². The standard InChI is InChI=1S/C19H18ClN3O3/c1-11-4-5-12(2)15(8-11)18-19(23-26-22-18)21-17(24)10-25-14-6-7-16(20)13(3)9-14/h4-9H,10H2,1-3H3,(H,21,23,24). The van der Waals surface area contributed by atoms with Crippen molar-refractivity contribution in [2.24, 2.45) is 0 Å². The van der Waals surface area contributed by atoms with Crippen molar-refractivity contribution in [1.29, 1.82) is 0 Å². The molecule has 1 heterocycles. The summed E-state index contributed by atoms with van der Waals surface area (Å²) >= 11 is 5.98. The van der Waals surface area contributed by atoms with E-state index in [-0.39, 0.29) is 18.3 Å². The molecule has 0 bridgehead atoms. The highest BCUT2D eigenvalue weighted by molar-refractivity contribution is 6.31. The Hall–Kier alpha value is -2.86. The van der Waals surface area contributed by atoms with Crippen LogP contribution in [0, 0.1) is 20.8 Å². The van der Waals surface area contributed by atoms with Gasteiger partial charge in [0.15, 0.2) is 12.3 Å². The number of carbonyl (C=O) groups excluding carboxylic acids is 1. The number of amides is 1. The van der Waals surface area contributed by atoms with Gasteiger partial charge in [-0.2, -0.15) is 0 Å². The highest BCUT2D eigenvalue weighted by Gasteiger charge is 2.17. The second kappa shape index (κ2) is 7.58. The first-order valence-corrected chi connectivity index (χ1v) is 8.41. The van der Waals surface area contributed by atoms with Gasteiger partial charge in [-0.05, 0) is 66.5 Å². The number of rotatable bonds is 5. The summed E-state index contributed by atoms with van der Waals surface area (Å²) in [7, 11) is 0. The van der Waals surface area contributed by atoms with Crippen LogP contribution in [-0.2, 0) is 4.79 Å². The predicted octanol–water partition coefficient (Wildman–Crippen LogP) is 4.33. The number of nitrogens with one attached hydrogen (secondary N) is 1. The zero-order valence-corrected chi connectivity index (χ0v) is 15.4. The lowest BCUT2D eigenvalue weighted by Gasteiger charge is -2.08. The third-order valence-electron chi connectivity index (χ3n) is 3.89. The summed E-state index contributed by atoms with van der Waals surface area (Å²) in [5.41, 5.74) is 4.31. The number of halogens is 1. The molecule has 0 saturated carbocycles. The quantitative estimate of drug-likeness (QED) is 0.722. The average molecular weight is 372 g/mol. The van der Waals surface area contributed by atoms with Crippen LogP contribution in [0.15, 0.2) is 41.0 Å². The smallest absolute Gasteiger partial charge is 0.263 e. The minimum Gasteiger partial charge on any atom is -0.484 e. The van der Waals surface area contributed by atoms with Gasteiger partial charge in [-0.25, -0.2) is 4.63 Å². The van der Waals surface area contributed by atoms with E-state index in [0.29, 0.717) is 16.5 Å². The molecule has 1 N–H and O–H groups in total. The second-order valence-electron chi connectivity index (χ2n) is 6.03. The Balaban J connectivity index is 1.70. The Morgan fingerprint density at radius 1 is 1.12 bits per heavy atom. The Labute approximate surface area is 156 Å². The van der Waals surface area contributed by atoms with E-state index >= 15 is 0 Å². The topological polar surface area (TPSA) is 77.3 Å². The van der Waals surface area contributed by atoms with Crippen molar-refractivity contribution in [3.8, 4) is 17.0 Å². The minimum absolute atomic E-state index is 0.166. The van der Waals surface area contributed by atoms with Gasteiger partial charge in [0, 0.05) is 10.6 Å². The maximum atomic E-state index is 12.2. The van der Waals surface area contributed by atoms with Gasteiger partial charge in [-0.15, -0.1) is 0 Å². The molecule has 0 radical (unpaired) electrons. The van der Waals surface area contributed by atoms with Crippen molar-refractivity contribution in [1.82, 2.24) is 10.3 Å². The summed E-state index contributed by atoms with van der Waals surface area (Å²) in [6.45, 7) is 5.64. The molecule has 0 spiro atoms. The van der Waals surface area contributed by atoms with Gasteiger partial charge in [0.2, 0.25) is 5.82 Å². The Bertz CT molecular complexity index is 953. The largest absolute Gasteiger partial charge is 0.484 e. The molecule has 0 aliphatic heterocycles. The lowest BCUT2D eigenvalue weighted by Crippen LogP contribution is -2.20. The van der Waals surface area contributed by atoms with Gasteiger partial charge in [-0.1, -0.05) is 29.3 Å². The van der Waals surface area contributed by atoms with Crippen molar-refractivity contribution >= 4 is 23.3 Å². The molecular weight excluding hydrogens is 354 g/mol. The minimum atomic E-state index is -0.361. The van der Waals surface area contributed by atoms with Crippen LogP contribution in [0.3, 0.4) is 0 Å². The molecule has 1 aromatic heterocycles. The number of ether oxygens (including phenoxy) is 1. The van der Waals surface area contributed by atoms with Crippen LogP contribution in [0.4, 0.5) is 5.82 Å². The van der Waals surface area contributed by atoms with Crippen LogP contribution < -0.4 is 10.1 Å². The van der Waals surface area contributed by atoms with E-state index in [1.54, 1.807) is 18.2 Å². The number of anilines is 1. The first kappa shape index (κ1) is 17.9. The number of aryl methyl sites for hydroxylation is 3. The van der Waals surface area contributed by atoms with Crippen LogP contribution in [0.5, 0.6) is 5.75 Å². The van der Waals surface area contributed by atoms with E-state index < -0.39 is 0 Å². The van der Waals surface area contributed by atoms with Gasteiger partial charge in [0.1, 0.15) is 5.75 Å². The first-order valence-electron chi connectivity index (χ1n) is 8.03. The number of carbonyl (C=O) groups is 1. The van der Waals surface area contributed by atoms with Gasteiger partial charge < -0.3 is 10.1 Å². The van der Waals surface area contributed by atoms with Crippen LogP contribution in [0.25, 0.3) is 11.3 Å². The lowest BCUT2D eigenvalue weighted by molar-refractivity contribution is -0.118. The normalized spacial score (nSPS) is 10.6. The predicted molar refractivity (Wildman–Crippen MR) is 99.5 cm³/mol. The molecule has 3 rings (SSSR count). The average Bonchev–Trinajstić information content (AvgIpc) is 3.06. The van der Waals surface area contributed by atoms with E-state index in [4.69, 9.17) is 21.0 Å². The summed E-state index contributed by atoms with van der Waals surface area (Å²) < 4.78 is 10.3. The second-order valence-corrected chi connectivity index (χ2v) is 6.43. The fraction of sp³-hybridized carbons (Fsp3) is 0.211. The molecule has 0 fully saturated rings. The molecule has 0 aliphatic carbocycles. The number of nitrogens with zero attached hydrogens (tertiary/aromatic N) is 2. The third-order valence-corrected chi connectivity index (χ3v) is 4.32. The molecule has 6 nitrogen and oxygen atoms in total. The van der Waals surface area contributed by atoms with Gasteiger partial charge in [0.25, 0.3) is 5.91 Å². The maximum Gasteiger partial charge on any atom is 0.263 e. The third kappa shape index (κ3) is 4.03. The molecule has 0 atom stereocenters. The summed E-state index contributed by atoms with van der Waals surface area (Å²) in [6.07, 6.45) is 0. The van der Waals surface area contributed by atoms with Gasteiger partial charge in [0.05, 0.1) is 0 Å². The zero-order chi connectivity index (χ0) is 18.7. The molecule has 3 aromatic rings. The van der Waals surface area contributed by atoms with Crippen molar-refractivity contribution in [3.05, 3.63) is 58.1 Å².